The molecule has 2 rings (SSSR count). The van der Waals surface area contributed by atoms with Crippen molar-refractivity contribution >= 4 is 11.9 Å². The Bertz CT molecular complexity index is 393. The van der Waals surface area contributed by atoms with Gasteiger partial charge in [0.15, 0.2) is 0 Å². The van der Waals surface area contributed by atoms with E-state index in [1.165, 1.54) is 11.2 Å². The van der Waals surface area contributed by atoms with Crippen LogP contribution in [0, 0.1) is 0 Å². The average Bonchev–Trinajstić information content (AvgIpc) is 2.33. The number of nitrogens with zero attached hydrogens (tertiary/aromatic N) is 2. The molecule has 3 amide bonds. The van der Waals surface area contributed by atoms with Crippen LogP contribution in [0.4, 0.5) is 4.79 Å². The molecule has 1 aliphatic heterocycles. The van der Waals surface area contributed by atoms with Crippen molar-refractivity contribution in [2.45, 2.75) is 6.42 Å². The number of hydrogen-bond acceptors (Lipinski definition) is 3. The maximum absolute atomic E-state index is 11.7. The lowest BCUT2D eigenvalue weighted by atomic mass is 10.3. The standard InChI is InChI=1S/C10H12N4O2/c15-9(8-3-1-4-11-7-8)13-14-6-2-5-12-10(14)16/h1,3-4,7H,2,5-6H2,(H,12,16)(H,13,15). The van der Waals surface area contributed by atoms with E-state index >= 15 is 0 Å². The SMILES string of the molecule is O=C(NN1CCCNC1=O)c1cccnc1. The number of aromatic nitrogens is 1. The van der Waals surface area contributed by atoms with Gasteiger partial charge in [-0.05, 0) is 18.6 Å². The van der Waals surface area contributed by atoms with Gasteiger partial charge in [-0.15, -0.1) is 0 Å². The van der Waals surface area contributed by atoms with Crippen LogP contribution in [0.3, 0.4) is 0 Å². The smallest absolute Gasteiger partial charge is 0.336 e. The second kappa shape index (κ2) is 4.61. The highest BCUT2D eigenvalue weighted by molar-refractivity contribution is 5.94. The van der Waals surface area contributed by atoms with E-state index in [9.17, 15) is 9.59 Å². The molecule has 2 heterocycles. The first-order valence-electron chi connectivity index (χ1n) is 5.04. The summed E-state index contributed by atoms with van der Waals surface area (Å²) in [6, 6.07) is 3.04. The van der Waals surface area contributed by atoms with Gasteiger partial charge >= 0.3 is 6.03 Å². The number of hydrogen-bond donors (Lipinski definition) is 2. The predicted octanol–water partition coefficient (Wildman–Crippen LogP) is 0.142. The van der Waals surface area contributed by atoms with Crippen LogP contribution < -0.4 is 10.7 Å². The molecule has 2 N–H and O–H groups in total. The van der Waals surface area contributed by atoms with Crippen molar-refractivity contribution < 1.29 is 9.59 Å². The van der Waals surface area contributed by atoms with E-state index in [2.05, 4.69) is 15.7 Å². The normalized spacial score (nSPS) is 15.5. The second-order valence-corrected chi connectivity index (χ2v) is 3.42. The minimum atomic E-state index is -0.329. The molecule has 0 bridgehead atoms. The number of amides is 3. The lowest BCUT2D eigenvalue weighted by molar-refractivity contribution is 0.0808. The minimum absolute atomic E-state index is 0.275. The van der Waals surface area contributed by atoms with Crippen LogP contribution in [0.5, 0.6) is 0 Å². The Morgan fingerprint density at radius 2 is 2.44 bits per heavy atom. The van der Waals surface area contributed by atoms with E-state index in [-0.39, 0.29) is 11.9 Å². The van der Waals surface area contributed by atoms with Gasteiger partial charge in [0.05, 0.1) is 5.56 Å². The number of hydrazine groups is 1. The molecular weight excluding hydrogens is 208 g/mol. The zero-order chi connectivity index (χ0) is 11.4. The summed E-state index contributed by atoms with van der Waals surface area (Å²) in [5.74, 6) is -0.329. The van der Waals surface area contributed by atoms with Gasteiger partial charge in [0.25, 0.3) is 5.91 Å². The van der Waals surface area contributed by atoms with Gasteiger partial charge < -0.3 is 5.32 Å². The topological polar surface area (TPSA) is 74.3 Å². The number of carbonyl (C=O) groups excluding carboxylic acids is 2. The van der Waals surface area contributed by atoms with Crippen molar-refractivity contribution in [3.05, 3.63) is 30.1 Å². The summed E-state index contributed by atoms with van der Waals surface area (Å²) < 4.78 is 0. The molecule has 0 saturated carbocycles. The average molecular weight is 220 g/mol. The number of urea groups is 1. The van der Waals surface area contributed by atoms with Crippen LogP contribution in [-0.4, -0.2) is 35.0 Å². The Balaban J connectivity index is 1.99. The molecule has 6 heteroatoms. The number of carbonyl (C=O) groups is 2. The van der Waals surface area contributed by atoms with Crippen LogP contribution in [0.25, 0.3) is 0 Å². The third kappa shape index (κ3) is 2.28. The van der Waals surface area contributed by atoms with Gasteiger partial charge in [-0.1, -0.05) is 0 Å². The lowest BCUT2D eigenvalue weighted by Gasteiger charge is -2.27. The summed E-state index contributed by atoms with van der Waals surface area (Å²) in [5.41, 5.74) is 2.96. The molecule has 0 unspecified atom stereocenters. The third-order valence-electron chi connectivity index (χ3n) is 2.24. The number of nitrogens with one attached hydrogen (secondary N) is 2. The third-order valence-corrected chi connectivity index (χ3v) is 2.24. The molecule has 6 nitrogen and oxygen atoms in total. The van der Waals surface area contributed by atoms with Crippen LogP contribution in [0.2, 0.25) is 0 Å². The highest BCUT2D eigenvalue weighted by Gasteiger charge is 2.19. The molecule has 1 aromatic heterocycles. The maximum Gasteiger partial charge on any atom is 0.336 e. The Hall–Kier alpha value is -2.11. The molecule has 1 fully saturated rings. The van der Waals surface area contributed by atoms with E-state index in [1.54, 1.807) is 18.3 Å². The van der Waals surface area contributed by atoms with E-state index < -0.39 is 0 Å². The molecule has 1 saturated heterocycles. The van der Waals surface area contributed by atoms with Crippen LogP contribution in [0.15, 0.2) is 24.5 Å². The van der Waals surface area contributed by atoms with Crippen LogP contribution in [-0.2, 0) is 0 Å². The predicted molar refractivity (Wildman–Crippen MR) is 56.4 cm³/mol. The van der Waals surface area contributed by atoms with Gasteiger partial charge in [0.2, 0.25) is 0 Å². The summed E-state index contributed by atoms with van der Waals surface area (Å²) in [6.45, 7) is 1.18. The molecule has 0 spiro atoms. The van der Waals surface area contributed by atoms with Gasteiger partial charge in [-0.3, -0.25) is 15.2 Å². The van der Waals surface area contributed by atoms with Crippen molar-refractivity contribution in [1.29, 1.82) is 0 Å². The maximum atomic E-state index is 11.7. The van der Waals surface area contributed by atoms with Crippen LogP contribution >= 0.6 is 0 Å². The van der Waals surface area contributed by atoms with Gasteiger partial charge in [-0.2, -0.15) is 0 Å². The van der Waals surface area contributed by atoms with Gasteiger partial charge in [0, 0.05) is 25.5 Å². The number of rotatable bonds is 2. The summed E-state index contributed by atoms with van der Waals surface area (Å²) in [5, 5.41) is 3.92. The Morgan fingerprint density at radius 3 is 3.12 bits per heavy atom. The molecule has 1 aliphatic rings. The first kappa shape index (κ1) is 10.4. The molecular formula is C10H12N4O2. The van der Waals surface area contributed by atoms with Gasteiger partial charge in [0.1, 0.15) is 0 Å². The molecule has 0 aromatic carbocycles. The van der Waals surface area contributed by atoms with E-state index in [0.717, 1.165) is 6.42 Å². The fourth-order valence-corrected chi connectivity index (χ4v) is 1.42. The molecule has 1 aromatic rings. The Kier molecular flexibility index (Phi) is 3.00. The van der Waals surface area contributed by atoms with E-state index in [1.807, 2.05) is 0 Å². The largest absolute Gasteiger partial charge is 0.336 e. The summed E-state index contributed by atoms with van der Waals surface area (Å²) in [6.07, 6.45) is 3.86. The summed E-state index contributed by atoms with van der Waals surface area (Å²) in [4.78, 5) is 26.9. The quantitative estimate of drug-likeness (QED) is 0.744. The highest BCUT2D eigenvalue weighted by Crippen LogP contribution is 1.99. The molecule has 0 radical (unpaired) electrons. The second-order valence-electron chi connectivity index (χ2n) is 3.42. The summed E-state index contributed by atoms with van der Waals surface area (Å²) >= 11 is 0. The van der Waals surface area contributed by atoms with Gasteiger partial charge in [-0.25, -0.2) is 9.80 Å². The molecule has 84 valence electrons. The first-order chi connectivity index (χ1) is 7.77. The van der Waals surface area contributed by atoms with E-state index in [4.69, 9.17) is 0 Å². The monoisotopic (exact) mass is 220 g/mol. The Labute approximate surface area is 92.6 Å². The fourth-order valence-electron chi connectivity index (χ4n) is 1.42. The summed E-state index contributed by atoms with van der Waals surface area (Å²) in [7, 11) is 0. The zero-order valence-electron chi connectivity index (χ0n) is 8.64. The zero-order valence-corrected chi connectivity index (χ0v) is 8.64. The van der Waals surface area contributed by atoms with Crippen molar-refractivity contribution in [3.63, 3.8) is 0 Å². The fraction of sp³-hybridized carbons (Fsp3) is 0.300. The first-order valence-corrected chi connectivity index (χ1v) is 5.04. The van der Waals surface area contributed by atoms with Crippen LogP contribution in [0.1, 0.15) is 16.8 Å². The molecule has 16 heavy (non-hydrogen) atoms. The minimum Gasteiger partial charge on any atom is -0.336 e. The van der Waals surface area contributed by atoms with E-state index in [0.29, 0.717) is 18.7 Å². The van der Waals surface area contributed by atoms with Crippen molar-refractivity contribution in [2.24, 2.45) is 0 Å². The molecule has 0 atom stereocenters. The van der Waals surface area contributed by atoms with Crippen molar-refractivity contribution in [3.8, 4) is 0 Å². The highest BCUT2D eigenvalue weighted by atomic mass is 16.2. The Morgan fingerprint density at radius 1 is 1.56 bits per heavy atom. The van der Waals surface area contributed by atoms with Crippen molar-refractivity contribution in [1.82, 2.24) is 20.7 Å². The lowest BCUT2D eigenvalue weighted by Crippen LogP contribution is -2.54. The molecule has 0 aliphatic carbocycles. The van der Waals surface area contributed by atoms with Crippen molar-refractivity contribution in [2.75, 3.05) is 13.1 Å². The number of pyridine rings is 1.